The second-order valence-electron chi connectivity index (χ2n) is 8.01. The zero-order valence-electron chi connectivity index (χ0n) is 14.8. The average molecular weight is 321 g/mol. The van der Waals surface area contributed by atoms with Crippen LogP contribution in [0.4, 0.5) is 0 Å². The van der Waals surface area contributed by atoms with Gasteiger partial charge in [0, 0.05) is 25.7 Å². The van der Waals surface area contributed by atoms with Crippen LogP contribution in [0.15, 0.2) is 6.20 Å². The number of aromatic nitrogens is 3. The summed E-state index contributed by atoms with van der Waals surface area (Å²) >= 11 is 0. The minimum atomic E-state index is 0.000539. The largest absolute Gasteiger partial charge is 0.381 e. The van der Waals surface area contributed by atoms with Crippen molar-refractivity contribution in [2.45, 2.75) is 58.2 Å². The Kier molecular flexibility index (Phi) is 5.34. The summed E-state index contributed by atoms with van der Waals surface area (Å²) in [5.41, 5.74) is 1.03. The van der Waals surface area contributed by atoms with Gasteiger partial charge in [-0.25, -0.2) is 4.68 Å². The Morgan fingerprint density at radius 3 is 2.65 bits per heavy atom. The van der Waals surface area contributed by atoms with E-state index in [0.29, 0.717) is 6.04 Å². The fourth-order valence-electron chi connectivity index (χ4n) is 3.37. The van der Waals surface area contributed by atoms with Gasteiger partial charge in [-0.15, -0.1) is 5.10 Å². The van der Waals surface area contributed by atoms with E-state index < -0.39 is 0 Å². The van der Waals surface area contributed by atoms with E-state index in [1.165, 1.54) is 38.9 Å². The van der Waals surface area contributed by atoms with Crippen molar-refractivity contribution in [3.63, 3.8) is 0 Å². The molecule has 6 heteroatoms. The van der Waals surface area contributed by atoms with E-state index in [9.17, 15) is 0 Å². The number of piperidine rings is 1. The maximum atomic E-state index is 5.48. The summed E-state index contributed by atoms with van der Waals surface area (Å²) in [5, 5.41) is 12.2. The number of nitrogens with zero attached hydrogens (tertiary/aromatic N) is 4. The van der Waals surface area contributed by atoms with E-state index in [-0.39, 0.29) is 5.54 Å². The maximum absolute atomic E-state index is 5.48. The molecule has 23 heavy (non-hydrogen) atoms. The van der Waals surface area contributed by atoms with Crippen LogP contribution in [-0.4, -0.2) is 58.8 Å². The first-order valence-electron chi connectivity index (χ1n) is 8.96. The summed E-state index contributed by atoms with van der Waals surface area (Å²) in [4.78, 5) is 2.60. The lowest BCUT2D eigenvalue weighted by Gasteiger charge is -2.33. The minimum Gasteiger partial charge on any atom is -0.381 e. The Morgan fingerprint density at radius 2 is 2.04 bits per heavy atom. The molecule has 1 aromatic rings. The molecule has 1 atom stereocenters. The van der Waals surface area contributed by atoms with Gasteiger partial charge in [0.2, 0.25) is 0 Å². The molecule has 1 aromatic heterocycles. The SMILES string of the molecule is CC(C)(C)n1cc(CNC2CCN(C[C@@H]3CCOC3)CC2)nn1. The molecule has 0 bridgehead atoms. The van der Waals surface area contributed by atoms with Crippen LogP contribution in [0, 0.1) is 5.92 Å². The van der Waals surface area contributed by atoms with Gasteiger partial charge >= 0.3 is 0 Å². The van der Waals surface area contributed by atoms with Gasteiger partial charge in [-0.3, -0.25) is 0 Å². The smallest absolute Gasteiger partial charge is 0.0965 e. The number of hydrogen-bond acceptors (Lipinski definition) is 5. The molecule has 0 amide bonds. The molecule has 0 spiro atoms. The van der Waals surface area contributed by atoms with Crippen LogP contribution in [0.25, 0.3) is 0 Å². The van der Waals surface area contributed by atoms with Crippen LogP contribution in [0.1, 0.15) is 45.7 Å². The summed E-state index contributed by atoms with van der Waals surface area (Å²) in [6.07, 6.45) is 5.74. The van der Waals surface area contributed by atoms with Crippen molar-refractivity contribution in [2.24, 2.45) is 5.92 Å². The van der Waals surface area contributed by atoms with E-state index in [1.807, 2.05) is 4.68 Å². The molecule has 0 aliphatic carbocycles. The predicted molar refractivity (Wildman–Crippen MR) is 90.2 cm³/mol. The third-order valence-corrected chi connectivity index (χ3v) is 4.93. The van der Waals surface area contributed by atoms with Crippen LogP contribution < -0.4 is 5.32 Å². The summed E-state index contributed by atoms with van der Waals surface area (Å²) in [6, 6.07) is 0.603. The van der Waals surface area contributed by atoms with Crippen molar-refractivity contribution in [3.8, 4) is 0 Å². The van der Waals surface area contributed by atoms with Gasteiger partial charge in [-0.2, -0.15) is 0 Å². The molecule has 3 rings (SSSR count). The number of nitrogens with one attached hydrogen (secondary N) is 1. The van der Waals surface area contributed by atoms with Crippen LogP contribution in [-0.2, 0) is 16.8 Å². The topological polar surface area (TPSA) is 55.2 Å². The van der Waals surface area contributed by atoms with Crippen LogP contribution in [0.5, 0.6) is 0 Å². The van der Waals surface area contributed by atoms with E-state index in [4.69, 9.17) is 4.74 Å². The van der Waals surface area contributed by atoms with Crippen molar-refractivity contribution in [3.05, 3.63) is 11.9 Å². The Bertz CT molecular complexity index is 481. The molecule has 2 saturated heterocycles. The first-order chi connectivity index (χ1) is 11.0. The first kappa shape index (κ1) is 16.9. The maximum Gasteiger partial charge on any atom is 0.0965 e. The normalized spacial score (nSPS) is 24.4. The molecular formula is C17H31N5O. The quantitative estimate of drug-likeness (QED) is 0.893. The Morgan fingerprint density at radius 1 is 1.26 bits per heavy atom. The van der Waals surface area contributed by atoms with E-state index >= 15 is 0 Å². The molecule has 0 unspecified atom stereocenters. The van der Waals surface area contributed by atoms with E-state index in [0.717, 1.165) is 31.4 Å². The zero-order valence-corrected chi connectivity index (χ0v) is 14.8. The number of likely N-dealkylation sites (tertiary alicyclic amines) is 1. The van der Waals surface area contributed by atoms with Crippen LogP contribution >= 0.6 is 0 Å². The van der Waals surface area contributed by atoms with Crippen LogP contribution in [0.2, 0.25) is 0 Å². The molecule has 0 aromatic carbocycles. The highest BCUT2D eigenvalue weighted by atomic mass is 16.5. The van der Waals surface area contributed by atoms with Crippen molar-refractivity contribution in [1.29, 1.82) is 0 Å². The fraction of sp³-hybridized carbons (Fsp3) is 0.882. The molecule has 3 heterocycles. The van der Waals surface area contributed by atoms with Crippen molar-refractivity contribution in [2.75, 3.05) is 32.8 Å². The van der Waals surface area contributed by atoms with E-state index in [2.05, 4.69) is 47.5 Å². The van der Waals surface area contributed by atoms with E-state index in [1.54, 1.807) is 0 Å². The van der Waals surface area contributed by atoms with Crippen molar-refractivity contribution >= 4 is 0 Å². The third kappa shape index (κ3) is 4.75. The molecule has 2 aliphatic rings. The molecular weight excluding hydrogens is 290 g/mol. The average Bonchev–Trinajstić information content (AvgIpc) is 3.17. The van der Waals surface area contributed by atoms with Gasteiger partial charge in [0.25, 0.3) is 0 Å². The number of hydrogen-bond donors (Lipinski definition) is 1. The standard InChI is InChI=1S/C17H31N5O/c1-17(2,3)22-12-16(19-20-22)10-18-15-4-7-21(8-5-15)11-14-6-9-23-13-14/h12,14-15,18H,4-11,13H2,1-3H3/t14-/m0/s1. The van der Waals surface area contributed by atoms with Gasteiger partial charge in [0.15, 0.2) is 0 Å². The zero-order chi connectivity index (χ0) is 16.3. The molecule has 130 valence electrons. The summed E-state index contributed by atoms with van der Waals surface area (Å²) in [7, 11) is 0. The highest BCUT2D eigenvalue weighted by Crippen LogP contribution is 2.18. The van der Waals surface area contributed by atoms with Gasteiger partial charge in [-0.05, 0) is 59.0 Å². The first-order valence-corrected chi connectivity index (χ1v) is 8.96. The summed E-state index contributed by atoms with van der Waals surface area (Å²) in [6.45, 7) is 12.8. The molecule has 2 fully saturated rings. The number of rotatable bonds is 5. The monoisotopic (exact) mass is 321 g/mol. The second-order valence-corrected chi connectivity index (χ2v) is 8.01. The van der Waals surface area contributed by atoms with Gasteiger partial charge in [0.05, 0.1) is 24.0 Å². The van der Waals surface area contributed by atoms with Crippen molar-refractivity contribution in [1.82, 2.24) is 25.2 Å². The highest BCUT2D eigenvalue weighted by molar-refractivity contribution is 4.95. The minimum absolute atomic E-state index is 0.000539. The van der Waals surface area contributed by atoms with Gasteiger partial charge < -0.3 is 15.0 Å². The summed E-state index contributed by atoms with van der Waals surface area (Å²) < 4.78 is 7.42. The van der Waals surface area contributed by atoms with Crippen molar-refractivity contribution < 1.29 is 4.74 Å². The number of ether oxygens (including phenoxy) is 1. The predicted octanol–water partition coefficient (Wildman–Crippen LogP) is 1.62. The van der Waals surface area contributed by atoms with Crippen LogP contribution in [0.3, 0.4) is 0 Å². The third-order valence-electron chi connectivity index (χ3n) is 4.93. The summed E-state index contributed by atoms with van der Waals surface area (Å²) in [5.74, 6) is 0.756. The lowest BCUT2D eigenvalue weighted by atomic mass is 10.0. The molecule has 2 aliphatic heterocycles. The Labute approximate surface area is 139 Å². The Hall–Kier alpha value is -0.980. The fourth-order valence-corrected chi connectivity index (χ4v) is 3.37. The highest BCUT2D eigenvalue weighted by Gasteiger charge is 2.24. The second kappa shape index (κ2) is 7.28. The molecule has 1 N–H and O–H groups in total. The molecule has 0 radical (unpaired) electrons. The molecule has 0 saturated carbocycles. The van der Waals surface area contributed by atoms with Gasteiger partial charge in [0.1, 0.15) is 0 Å². The lowest BCUT2D eigenvalue weighted by molar-refractivity contribution is 0.147. The Balaban J connectivity index is 1.38. The van der Waals surface area contributed by atoms with Gasteiger partial charge in [-0.1, -0.05) is 5.21 Å². The lowest BCUT2D eigenvalue weighted by Crippen LogP contribution is -2.43. The molecule has 6 nitrogen and oxygen atoms in total.